The van der Waals surface area contributed by atoms with Crippen LogP contribution in [0.25, 0.3) is 0 Å². The SMILES string of the molecule is N/C(=N/O)c1ccc(OC2CCOCC2)c(C(F)(F)F)c1. The third kappa shape index (κ3) is 3.78. The summed E-state index contributed by atoms with van der Waals surface area (Å²) in [5.74, 6) is -0.651. The number of ether oxygens (including phenoxy) is 2. The minimum absolute atomic E-state index is 0.0239. The standard InChI is InChI=1S/C13H15F3N2O3/c14-13(15,16)10-7-8(12(17)18-19)1-2-11(10)21-9-3-5-20-6-4-9/h1-2,7,9,19H,3-6H2,(H2,17,18). The maximum absolute atomic E-state index is 13.1. The zero-order valence-corrected chi connectivity index (χ0v) is 11.1. The smallest absolute Gasteiger partial charge is 0.419 e. The van der Waals surface area contributed by atoms with Gasteiger partial charge in [-0.15, -0.1) is 0 Å². The molecule has 0 aromatic heterocycles. The highest BCUT2D eigenvalue weighted by molar-refractivity contribution is 5.97. The van der Waals surface area contributed by atoms with Crippen LogP contribution in [-0.4, -0.2) is 30.4 Å². The molecule has 1 heterocycles. The molecule has 8 heteroatoms. The van der Waals surface area contributed by atoms with E-state index in [1.165, 1.54) is 12.1 Å². The molecule has 1 aliphatic rings. The van der Waals surface area contributed by atoms with Crippen LogP contribution in [0.2, 0.25) is 0 Å². The summed E-state index contributed by atoms with van der Waals surface area (Å²) in [6, 6.07) is 3.31. The van der Waals surface area contributed by atoms with Crippen molar-refractivity contribution >= 4 is 5.84 Å². The summed E-state index contributed by atoms with van der Waals surface area (Å²) in [6.45, 7) is 0.933. The minimum Gasteiger partial charge on any atom is -0.490 e. The van der Waals surface area contributed by atoms with Gasteiger partial charge in [-0.05, 0) is 18.2 Å². The van der Waals surface area contributed by atoms with Crippen LogP contribution >= 0.6 is 0 Å². The zero-order chi connectivity index (χ0) is 15.5. The Morgan fingerprint density at radius 2 is 2.00 bits per heavy atom. The lowest BCUT2D eigenvalue weighted by atomic mass is 10.1. The molecule has 1 aliphatic heterocycles. The Kier molecular flexibility index (Phi) is 4.56. The van der Waals surface area contributed by atoms with Crippen LogP contribution in [0.5, 0.6) is 5.75 Å². The number of hydrogen-bond acceptors (Lipinski definition) is 4. The Hall–Kier alpha value is -1.96. The Morgan fingerprint density at radius 3 is 2.57 bits per heavy atom. The van der Waals surface area contributed by atoms with Gasteiger partial charge in [-0.2, -0.15) is 13.2 Å². The van der Waals surface area contributed by atoms with E-state index in [-0.39, 0.29) is 17.4 Å². The van der Waals surface area contributed by atoms with Gasteiger partial charge in [-0.3, -0.25) is 0 Å². The third-order valence-electron chi connectivity index (χ3n) is 3.15. The lowest BCUT2D eigenvalue weighted by Crippen LogP contribution is -2.27. The van der Waals surface area contributed by atoms with Crippen LogP contribution in [0, 0.1) is 0 Å². The maximum atomic E-state index is 13.1. The van der Waals surface area contributed by atoms with Crippen LogP contribution in [0.4, 0.5) is 13.2 Å². The molecular formula is C13H15F3N2O3. The molecule has 1 fully saturated rings. The number of oxime groups is 1. The predicted octanol–water partition coefficient (Wildman–Crippen LogP) is 2.36. The molecule has 1 saturated heterocycles. The predicted molar refractivity (Wildman–Crippen MR) is 68.4 cm³/mol. The van der Waals surface area contributed by atoms with Gasteiger partial charge in [0.05, 0.1) is 18.8 Å². The molecule has 0 atom stereocenters. The van der Waals surface area contributed by atoms with E-state index in [2.05, 4.69) is 5.16 Å². The highest BCUT2D eigenvalue weighted by atomic mass is 19.4. The van der Waals surface area contributed by atoms with Gasteiger partial charge in [0.1, 0.15) is 11.9 Å². The molecule has 1 aromatic rings. The van der Waals surface area contributed by atoms with Crippen molar-refractivity contribution in [3.63, 3.8) is 0 Å². The van der Waals surface area contributed by atoms with Crippen molar-refractivity contribution in [3.05, 3.63) is 29.3 Å². The highest BCUT2D eigenvalue weighted by Gasteiger charge is 2.35. The van der Waals surface area contributed by atoms with Crippen molar-refractivity contribution in [2.24, 2.45) is 10.9 Å². The summed E-state index contributed by atoms with van der Waals surface area (Å²) in [5.41, 5.74) is 4.35. The number of rotatable bonds is 3. The molecule has 0 aliphatic carbocycles. The fraction of sp³-hybridized carbons (Fsp3) is 0.462. The Balaban J connectivity index is 2.31. The molecule has 116 valence electrons. The third-order valence-corrected chi connectivity index (χ3v) is 3.15. The van der Waals surface area contributed by atoms with Crippen LogP contribution in [0.1, 0.15) is 24.0 Å². The van der Waals surface area contributed by atoms with Gasteiger partial charge in [-0.1, -0.05) is 5.16 Å². The van der Waals surface area contributed by atoms with Gasteiger partial charge in [0.25, 0.3) is 0 Å². The number of halogens is 3. The Bertz CT molecular complexity index is 526. The van der Waals surface area contributed by atoms with Gasteiger partial charge in [0.2, 0.25) is 0 Å². The molecule has 0 saturated carbocycles. The first kappa shape index (κ1) is 15.4. The van der Waals surface area contributed by atoms with Crippen LogP contribution in [0.3, 0.4) is 0 Å². The van der Waals surface area contributed by atoms with Crippen molar-refractivity contribution in [2.45, 2.75) is 25.1 Å². The second-order valence-corrected chi connectivity index (χ2v) is 4.62. The Labute approximate surface area is 119 Å². The van der Waals surface area contributed by atoms with Crippen molar-refractivity contribution < 1.29 is 27.9 Å². The zero-order valence-electron chi connectivity index (χ0n) is 11.1. The van der Waals surface area contributed by atoms with E-state index in [4.69, 9.17) is 20.4 Å². The largest absolute Gasteiger partial charge is 0.490 e. The average molecular weight is 304 g/mol. The first-order valence-corrected chi connectivity index (χ1v) is 6.35. The first-order valence-electron chi connectivity index (χ1n) is 6.35. The fourth-order valence-electron chi connectivity index (χ4n) is 2.04. The molecule has 3 N–H and O–H groups in total. The number of hydrogen-bond donors (Lipinski definition) is 2. The van der Waals surface area contributed by atoms with E-state index in [0.29, 0.717) is 26.1 Å². The number of amidine groups is 1. The second kappa shape index (κ2) is 6.21. The molecule has 0 radical (unpaired) electrons. The van der Waals surface area contributed by atoms with E-state index in [0.717, 1.165) is 6.07 Å². The van der Waals surface area contributed by atoms with Gasteiger partial charge in [0.15, 0.2) is 5.84 Å². The summed E-state index contributed by atoms with van der Waals surface area (Å²) in [6.07, 6.45) is -3.82. The maximum Gasteiger partial charge on any atom is 0.419 e. The quantitative estimate of drug-likeness (QED) is 0.389. The van der Waals surface area contributed by atoms with E-state index < -0.39 is 17.6 Å². The van der Waals surface area contributed by atoms with E-state index in [9.17, 15) is 13.2 Å². The van der Waals surface area contributed by atoms with Crippen molar-refractivity contribution in [1.29, 1.82) is 0 Å². The molecule has 0 amide bonds. The van der Waals surface area contributed by atoms with E-state index >= 15 is 0 Å². The topological polar surface area (TPSA) is 77.1 Å². The normalized spacial score (nSPS) is 17.8. The number of nitrogens with zero attached hydrogens (tertiary/aromatic N) is 1. The summed E-state index contributed by atoms with van der Waals surface area (Å²) in [7, 11) is 0. The van der Waals surface area contributed by atoms with E-state index in [1.54, 1.807) is 0 Å². The summed E-state index contributed by atoms with van der Waals surface area (Å²) in [5, 5.41) is 11.2. The van der Waals surface area contributed by atoms with Crippen molar-refractivity contribution in [3.8, 4) is 5.75 Å². The first-order chi connectivity index (χ1) is 9.91. The molecule has 0 spiro atoms. The van der Waals surface area contributed by atoms with Crippen molar-refractivity contribution in [2.75, 3.05) is 13.2 Å². The molecule has 21 heavy (non-hydrogen) atoms. The van der Waals surface area contributed by atoms with Crippen LogP contribution in [0.15, 0.2) is 23.4 Å². The summed E-state index contributed by atoms with van der Waals surface area (Å²) in [4.78, 5) is 0. The molecule has 5 nitrogen and oxygen atoms in total. The summed E-state index contributed by atoms with van der Waals surface area (Å²) >= 11 is 0. The van der Waals surface area contributed by atoms with E-state index in [1.807, 2.05) is 0 Å². The Morgan fingerprint density at radius 1 is 1.33 bits per heavy atom. The van der Waals surface area contributed by atoms with Gasteiger partial charge < -0.3 is 20.4 Å². The average Bonchev–Trinajstić information content (AvgIpc) is 2.47. The minimum atomic E-state index is -4.59. The molecular weight excluding hydrogens is 289 g/mol. The molecule has 1 aromatic carbocycles. The fourth-order valence-corrected chi connectivity index (χ4v) is 2.04. The van der Waals surface area contributed by atoms with Gasteiger partial charge in [0, 0.05) is 18.4 Å². The van der Waals surface area contributed by atoms with Crippen LogP contribution < -0.4 is 10.5 Å². The highest BCUT2D eigenvalue weighted by Crippen LogP contribution is 2.37. The van der Waals surface area contributed by atoms with Crippen molar-refractivity contribution in [1.82, 2.24) is 0 Å². The van der Waals surface area contributed by atoms with Crippen LogP contribution in [-0.2, 0) is 10.9 Å². The summed E-state index contributed by atoms with van der Waals surface area (Å²) < 4.78 is 49.9. The van der Waals surface area contributed by atoms with Gasteiger partial charge >= 0.3 is 6.18 Å². The number of alkyl halides is 3. The lowest BCUT2D eigenvalue weighted by molar-refractivity contribution is -0.139. The number of nitrogens with two attached hydrogens (primary N) is 1. The monoisotopic (exact) mass is 304 g/mol. The number of benzene rings is 1. The lowest BCUT2D eigenvalue weighted by Gasteiger charge is -2.25. The molecule has 0 unspecified atom stereocenters. The second-order valence-electron chi connectivity index (χ2n) is 4.62. The van der Waals surface area contributed by atoms with Gasteiger partial charge in [-0.25, -0.2) is 0 Å². The molecule has 0 bridgehead atoms. The molecule has 2 rings (SSSR count).